The van der Waals surface area contributed by atoms with Crippen LogP contribution in [-0.4, -0.2) is 29.9 Å². The van der Waals surface area contributed by atoms with Gasteiger partial charge in [0.25, 0.3) is 0 Å². The second-order valence-corrected chi connectivity index (χ2v) is 4.82. The van der Waals surface area contributed by atoms with Gasteiger partial charge in [0.05, 0.1) is 17.9 Å². The minimum Gasteiger partial charge on any atom is -0.386 e. The van der Waals surface area contributed by atoms with Crippen LogP contribution in [0.2, 0.25) is 0 Å². The third-order valence-electron chi connectivity index (χ3n) is 3.62. The van der Waals surface area contributed by atoms with Gasteiger partial charge in [-0.2, -0.15) is 5.10 Å². The molecule has 1 aromatic heterocycles. The maximum atomic E-state index is 12.9. The van der Waals surface area contributed by atoms with Gasteiger partial charge in [0.15, 0.2) is 0 Å². The van der Waals surface area contributed by atoms with Crippen LogP contribution in [0.1, 0.15) is 12.5 Å². The fourth-order valence-electron chi connectivity index (χ4n) is 2.51. The van der Waals surface area contributed by atoms with E-state index in [1.807, 2.05) is 36.3 Å². The molecule has 0 saturated carbocycles. The number of anilines is 2. The van der Waals surface area contributed by atoms with Gasteiger partial charge in [-0.25, -0.2) is 4.39 Å². The Bertz CT molecular complexity index is 549. The SMILES string of the molecule is CNc1cnn(C2CCN(c3ccc(F)cc3)C2)c1. The molecule has 100 valence electrons. The van der Waals surface area contributed by atoms with E-state index >= 15 is 0 Å². The number of nitrogens with one attached hydrogen (secondary N) is 1. The van der Waals surface area contributed by atoms with Gasteiger partial charge in [0.2, 0.25) is 0 Å². The molecule has 2 aromatic rings. The van der Waals surface area contributed by atoms with E-state index < -0.39 is 0 Å². The van der Waals surface area contributed by atoms with Crippen molar-refractivity contribution in [3.8, 4) is 0 Å². The third kappa shape index (κ3) is 2.41. The van der Waals surface area contributed by atoms with Crippen LogP contribution >= 0.6 is 0 Å². The highest BCUT2D eigenvalue weighted by Crippen LogP contribution is 2.27. The Hall–Kier alpha value is -2.04. The summed E-state index contributed by atoms with van der Waals surface area (Å²) < 4.78 is 14.9. The molecule has 1 unspecified atom stereocenters. The van der Waals surface area contributed by atoms with Crippen molar-refractivity contribution in [1.29, 1.82) is 0 Å². The van der Waals surface area contributed by atoms with Crippen molar-refractivity contribution in [3.63, 3.8) is 0 Å². The Balaban J connectivity index is 1.71. The predicted octanol–water partition coefficient (Wildman–Crippen LogP) is 2.52. The highest BCUT2D eigenvalue weighted by atomic mass is 19.1. The molecule has 0 aliphatic carbocycles. The lowest BCUT2D eigenvalue weighted by molar-refractivity contribution is 0.495. The van der Waals surface area contributed by atoms with Gasteiger partial charge >= 0.3 is 0 Å². The molecule has 5 heteroatoms. The quantitative estimate of drug-likeness (QED) is 0.920. The van der Waals surface area contributed by atoms with Gasteiger partial charge in [-0.15, -0.1) is 0 Å². The monoisotopic (exact) mass is 260 g/mol. The van der Waals surface area contributed by atoms with Gasteiger partial charge in [-0.05, 0) is 30.7 Å². The smallest absolute Gasteiger partial charge is 0.123 e. The van der Waals surface area contributed by atoms with Crippen molar-refractivity contribution < 1.29 is 4.39 Å². The Kier molecular flexibility index (Phi) is 3.11. The third-order valence-corrected chi connectivity index (χ3v) is 3.62. The second-order valence-electron chi connectivity index (χ2n) is 4.82. The molecule has 1 N–H and O–H groups in total. The van der Waals surface area contributed by atoms with E-state index in [1.165, 1.54) is 12.1 Å². The summed E-state index contributed by atoms with van der Waals surface area (Å²) in [6.45, 7) is 1.89. The van der Waals surface area contributed by atoms with Crippen LogP contribution in [0.5, 0.6) is 0 Å². The average molecular weight is 260 g/mol. The molecule has 3 rings (SSSR count). The summed E-state index contributed by atoms with van der Waals surface area (Å²) in [5, 5.41) is 7.46. The fourth-order valence-corrected chi connectivity index (χ4v) is 2.51. The number of rotatable bonds is 3. The van der Waals surface area contributed by atoms with E-state index in [4.69, 9.17) is 0 Å². The highest BCUT2D eigenvalue weighted by Gasteiger charge is 2.24. The topological polar surface area (TPSA) is 33.1 Å². The minimum atomic E-state index is -0.190. The van der Waals surface area contributed by atoms with Crippen molar-refractivity contribution in [2.45, 2.75) is 12.5 Å². The van der Waals surface area contributed by atoms with E-state index in [2.05, 4.69) is 15.3 Å². The van der Waals surface area contributed by atoms with Crippen LogP contribution in [0.4, 0.5) is 15.8 Å². The first-order valence-electron chi connectivity index (χ1n) is 6.48. The van der Waals surface area contributed by atoms with Crippen molar-refractivity contribution in [3.05, 3.63) is 42.5 Å². The predicted molar refractivity (Wildman–Crippen MR) is 74.0 cm³/mol. The van der Waals surface area contributed by atoms with Crippen LogP contribution in [0.25, 0.3) is 0 Å². The molecule has 4 nitrogen and oxygen atoms in total. The summed E-state index contributed by atoms with van der Waals surface area (Å²) in [4.78, 5) is 2.27. The zero-order valence-electron chi connectivity index (χ0n) is 10.9. The van der Waals surface area contributed by atoms with E-state index in [0.29, 0.717) is 6.04 Å². The van der Waals surface area contributed by atoms with Crippen molar-refractivity contribution >= 4 is 11.4 Å². The van der Waals surface area contributed by atoms with Crippen LogP contribution in [-0.2, 0) is 0 Å². The molecule has 1 aliphatic heterocycles. The number of nitrogens with zero attached hydrogens (tertiary/aromatic N) is 3. The standard InChI is InChI=1S/C14H17FN4/c1-16-12-8-17-19(9-12)14-6-7-18(10-14)13-4-2-11(15)3-5-13/h2-5,8-9,14,16H,6-7,10H2,1H3. The highest BCUT2D eigenvalue weighted by molar-refractivity contribution is 5.47. The average Bonchev–Trinajstić information content (AvgIpc) is 3.08. The normalized spacial score (nSPS) is 18.8. The Morgan fingerprint density at radius 1 is 1.32 bits per heavy atom. The first kappa shape index (κ1) is 12.0. The van der Waals surface area contributed by atoms with E-state index in [9.17, 15) is 4.39 Å². The van der Waals surface area contributed by atoms with Crippen LogP contribution < -0.4 is 10.2 Å². The van der Waals surface area contributed by atoms with Gasteiger partial charge in [0.1, 0.15) is 5.82 Å². The summed E-state index contributed by atoms with van der Waals surface area (Å²) in [5.41, 5.74) is 2.10. The number of benzene rings is 1. The summed E-state index contributed by atoms with van der Waals surface area (Å²) >= 11 is 0. The lowest BCUT2D eigenvalue weighted by Crippen LogP contribution is -2.20. The van der Waals surface area contributed by atoms with Gasteiger partial charge in [-0.1, -0.05) is 0 Å². The summed E-state index contributed by atoms with van der Waals surface area (Å²) in [6, 6.07) is 7.07. The molecular weight excluding hydrogens is 243 g/mol. The second kappa shape index (κ2) is 4.91. The zero-order chi connectivity index (χ0) is 13.2. The molecule has 1 saturated heterocycles. The van der Waals surface area contributed by atoms with Crippen molar-refractivity contribution in [2.24, 2.45) is 0 Å². The summed E-state index contributed by atoms with van der Waals surface area (Å²) in [6.07, 6.45) is 4.92. The number of aromatic nitrogens is 2. The Labute approximate surface area is 111 Å². The number of halogens is 1. The van der Waals surface area contributed by atoms with Crippen LogP contribution in [0, 0.1) is 5.82 Å². The van der Waals surface area contributed by atoms with Crippen molar-refractivity contribution in [1.82, 2.24) is 9.78 Å². The molecule has 1 aromatic carbocycles. The van der Waals surface area contributed by atoms with Gasteiger partial charge in [-0.3, -0.25) is 4.68 Å². The first-order chi connectivity index (χ1) is 9.26. The van der Waals surface area contributed by atoms with Crippen LogP contribution in [0.15, 0.2) is 36.7 Å². The lowest BCUT2D eigenvalue weighted by Gasteiger charge is -2.18. The van der Waals surface area contributed by atoms with Crippen LogP contribution in [0.3, 0.4) is 0 Å². The summed E-state index contributed by atoms with van der Waals surface area (Å²) in [5.74, 6) is -0.190. The zero-order valence-corrected chi connectivity index (χ0v) is 10.9. The molecule has 1 aliphatic rings. The number of hydrogen-bond donors (Lipinski definition) is 1. The molecule has 19 heavy (non-hydrogen) atoms. The van der Waals surface area contributed by atoms with E-state index in [1.54, 1.807) is 0 Å². The minimum absolute atomic E-state index is 0.190. The molecule has 1 fully saturated rings. The number of hydrogen-bond acceptors (Lipinski definition) is 3. The summed E-state index contributed by atoms with van der Waals surface area (Å²) in [7, 11) is 1.89. The molecule has 0 amide bonds. The molecule has 2 heterocycles. The van der Waals surface area contributed by atoms with E-state index in [-0.39, 0.29) is 5.82 Å². The molecule has 1 atom stereocenters. The maximum Gasteiger partial charge on any atom is 0.123 e. The molecule has 0 radical (unpaired) electrons. The fraction of sp³-hybridized carbons (Fsp3) is 0.357. The Morgan fingerprint density at radius 3 is 2.79 bits per heavy atom. The largest absolute Gasteiger partial charge is 0.386 e. The maximum absolute atomic E-state index is 12.9. The van der Waals surface area contributed by atoms with Gasteiger partial charge < -0.3 is 10.2 Å². The molecular formula is C14H17FN4. The Morgan fingerprint density at radius 2 is 2.11 bits per heavy atom. The lowest BCUT2D eigenvalue weighted by atomic mass is 10.3. The molecule has 0 bridgehead atoms. The van der Waals surface area contributed by atoms with Crippen molar-refractivity contribution in [2.75, 3.05) is 30.4 Å². The van der Waals surface area contributed by atoms with Gasteiger partial charge in [0, 0.05) is 32.0 Å². The first-order valence-corrected chi connectivity index (χ1v) is 6.48. The van der Waals surface area contributed by atoms with E-state index in [0.717, 1.165) is 30.9 Å². The molecule has 0 spiro atoms.